The monoisotopic (exact) mass is 318 g/mol. The minimum absolute atomic E-state index is 0.0141. The van der Waals surface area contributed by atoms with Crippen LogP contribution in [0.3, 0.4) is 0 Å². The summed E-state index contributed by atoms with van der Waals surface area (Å²) in [6, 6.07) is 7.57. The number of nitrogens with zero attached hydrogens (tertiary/aromatic N) is 1. The number of nitro benzene ring substituents is 1. The number of aryl methyl sites for hydroxylation is 1. The van der Waals surface area contributed by atoms with Gasteiger partial charge in [-0.1, -0.05) is 0 Å². The van der Waals surface area contributed by atoms with Crippen molar-refractivity contribution >= 4 is 17.2 Å². The molecule has 122 valence electrons. The highest BCUT2D eigenvalue weighted by molar-refractivity contribution is 5.95. The number of nitrogens with one attached hydrogen (secondary N) is 1. The van der Waals surface area contributed by atoms with Crippen LogP contribution in [0, 0.1) is 17.0 Å². The summed E-state index contributed by atoms with van der Waals surface area (Å²) in [4.78, 5) is 21.9. The van der Waals surface area contributed by atoms with Crippen LogP contribution in [0.2, 0.25) is 0 Å². The molecular formula is C16H18N2O5. The van der Waals surface area contributed by atoms with Crippen molar-refractivity contribution in [2.75, 3.05) is 11.9 Å². The van der Waals surface area contributed by atoms with Gasteiger partial charge in [0.1, 0.15) is 22.8 Å². The van der Waals surface area contributed by atoms with Crippen molar-refractivity contribution in [3.05, 3.63) is 57.5 Å². The molecule has 7 heteroatoms. The van der Waals surface area contributed by atoms with E-state index in [1.165, 1.54) is 25.1 Å². The fourth-order valence-electron chi connectivity index (χ4n) is 2.13. The lowest BCUT2D eigenvalue weighted by atomic mass is 10.0. The predicted molar refractivity (Wildman–Crippen MR) is 84.6 cm³/mol. The quantitative estimate of drug-likeness (QED) is 0.482. The summed E-state index contributed by atoms with van der Waals surface area (Å²) in [5.74, 6) is 0.778. The molecular weight excluding hydrogens is 300 g/mol. The molecule has 2 aromatic rings. The number of aliphatic hydroxyl groups is 1. The molecule has 2 rings (SSSR count). The highest BCUT2D eigenvalue weighted by Gasteiger charge is 2.28. The van der Waals surface area contributed by atoms with Gasteiger partial charge in [-0.15, -0.1) is 0 Å². The summed E-state index contributed by atoms with van der Waals surface area (Å²) in [5.41, 5.74) is -1.06. The first-order valence-electron chi connectivity index (χ1n) is 7.03. The van der Waals surface area contributed by atoms with E-state index in [2.05, 4.69) is 5.32 Å². The van der Waals surface area contributed by atoms with Crippen LogP contribution in [0.5, 0.6) is 0 Å². The Hall–Kier alpha value is -2.67. The molecule has 1 unspecified atom stereocenters. The Labute approximate surface area is 133 Å². The predicted octanol–water partition coefficient (Wildman–Crippen LogP) is 3.02. The fraction of sp³-hybridized carbons (Fsp3) is 0.312. The Balaban J connectivity index is 2.23. The summed E-state index contributed by atoms with van der Waals surface area (Å²) >= 11 is 0. The van der Waals surface area contributed by atoms with E-state index in [4.69, 9.17) is 4.42 Å². The molecule has 0 saturated heterocycles. The molecule has 1 aromatic carbocycles. The molecule has 1 heterocycles. The number of nitro groups is 1. The number of carbonyl (C=O) groups is 1. The number of ketones is 1. The van der Waals surface area contributed by atoms with Crippen molar-refractivity contribution in [2.45, 2.75) is 26.4 Å². The van der Waals surface area contributed by atoms with Gasteiger partial charge in [-0.3, -0.25) is 14.9 Å². The maximum atomic E-state index is 11.3. The smallest absolute Gasteiger partial charge is 0.293 e. The maximum absolute atomic E-state index is 11.3. The van der Waals surface area contributed by atoms with Crippen molar-refractivity contribution in [3.63, 3.8) is 0 Å². The number of rotatable bonds is 6. The first-order valence-corrected chi connectivity index (χ1v) is 7.03. The van der Waals surface area contributed by atoms with Gasteiger partial charge in [-0.2, -0.15) is 0 Å². The fourth-order valence-corrected chi connectivity index (χ4v) is 2.13. The third-order valence-electron chi connectivity index (χ3n) is 3.50. The van der Waals surface area contributed by atoms with Gasteiger partial charge in [-0.05, 0) is 45.0 Å². The van der Waals surface area contributed by atoms with Crippen LogP contribution in [0.25, 0.3) is 0 Å². The van der Waals surface area contributed by atoms with Crippen molar-refractivity contribution in [1.82, 2.24) is 0 Å². The van der Waals surface area contributed by atoms with Gasteiger partial charge in [0.05, 0.1) is 11.5 Å². The first-order chi connectivity index (χ1) is 10.7. The molecule has 0 bridgehead atoms. The van der Waals surface area contributed by atoms with E-state index in [-0.39, 0.29) is 29.3 Å². The average molecular weight is 318 g/mol. The zero-order valence-corrected chi connectivity index (χ0v) is 13.1. The highest BCUT2D eigenvalue weighted by atomic mass is 16.6. The number of anilines is 1. The summed E-state index contributed by atoms with van der Waals surface area (Å²) in [6.07, 6.45) is 0. The van der Waals surface area contributed by atoms with Crippen molar-refractivity contribution in [2.24, 2.45) is 0 Å². The second kappa shape index (κ2) is 6.21. The topological polar surface area (TPSA) is 106 Å². The number of hydrogen-bond donors (Lipinski definition) is 2. The molecule has 0 amide bonds. The molecule has 0 aliphatic rings. The molecule has 2 N–H and O–H groups in total. The summed E-state index contributed by atoms with van der Waals surface area (Å²) in [6.45, 7) is 4.67. The first kappa shape index (κ1) is 16.7. The Morgan fingerprint density at radius 1 is 1.39 bits per heavy atom. The van der Waals surface area contributed by atoms with Crippen molar-refractivity contribution in [3.8, 4) is 0 Å². The van der Waals surface area contributed by atoms with Crippen LogP contribution in [0.1, 0.15) is 35.7 Å². The van der Waals surface area contributed by atoms with Gasteiger partial charge >= 0.3 is 0 Å². The van der Waals surface area contributed by atoms with E-state index in [1.807, 2.05) is 0 Å². The summed E-state index contributed by atoms with van der Waals surface area (Å²) < 4.78 is 5.40. The van der Waals surface area contributed by atoms with E-state index in [1.54, 1.807) is 26.0 Å². The Bertz CT molecular complexity index is 749. The molecule has 0 fully saturated rings. The van der Waals surface area contributed by atoms with Gasteiger partial charge in [0, 0.05) is 11.6 Å². The molecule has 0 aliphatic heterocycles. The second-order valence-corrected chi connectivity index (χ2v) is 5.58. The SMILES string of the molecule is CC(=O)c1ccc(NCC(C)(O)c2ccc(C)o2)c([N+](=O)[O-])c1. The zero-order chi connectivity index (χ0) is 17.2. The van der Waals surface area contributed by atoms with E-state index in [9.17, 15) is 20.0 Å². The second-order valence-electron chi connectivity index (χ2n) is 5.58. The largest absolute Gasteiger partial charge is 0.463 e. The molecule has 7 nitrogen and oxygen atoms in total. The zero-order valence-electron chi connectivity index (χ0n) is 13.1. The standard InChI is InChI=1S/C16H18N2O5/c1-10-4-7-15(23-10)16(3,20)9-17-13-6-5-12(11(2)19)8-14(13)18(21)22/h4-8,17,20H,9H2,1-3H3. The average Bonchev–Trinajstić information content (AvgIpc) is 2.92. The number of Topliss-reactive ketones (excluding diaryl/α,β-unsaturated/α-hetero) is 1. The van der Waals surface area contributed by atoms with Crippen LogP contribution in [-0.2, 0) is 5.60 Å². The van der Waals surface area contributed by atoms with Crippen molar-refractivity contribution in [1.29, 1.82) is 0 Å². The minimum atomic E-state index is -1.33. The van der Waals surface area contributed by atoms with Crippen molar-refractivity contribution < 1.29 is 19.2 Å². The Morgan fingerprint density at radius 2 is 2.09 bits per heavy atom. The van der Waals surface area contributed by atoms with Crippen LogP contribution in [-0.4, -0.2) is 22.4 Å². The van der Waals surface area contributed by atoms with Crippen LogP contribution in [0.4, 0.5) is 11.4 Å². The third kappa shape index (κ3) is 3.75. The molecule has 1 aromatic heterocycles. The Kier molecular flexibility index (Phi) is 4.51. The molecule has 0 saturated carbocycles. The lowest BCUT2D eigenvalue weighted by Crippen LogP contribution is -2.30. The molecule has 0 aliphatic carbocycles. The molecule has 23 heavy (non-hydrogen) atoms. The van der Waals surface area contributed by atoms with Crippen LogP contribution >= 0.6 is 0 Å². The van der Waals surface area contributed by atoms with Gasteiger partial charge in [0.2, 0.25) is 0 Å². The highest BCUT2D eigenvalue weighted by Crippen LogP contribution is 2.28. The van der Waals surface area contributed by atoms with Crippen LogP contribution < -0.4 is 5.32 Å². The number of furan rings is 1. The Morgan fingerprint density at radius 3 is 2.61 bits per heavy atom. The molecule has 0 radical (unpaired) electrons. The number of hydrogen-bond acceptors (Lipinski definition) is 6. The summed E-state index contributed by atoms with van der Waals surface area (Å²) in [5, 5.41) is 24.5. The third-order valence-corrected chi connectivity index (χ3v) is 3.50. The molecule has 1 atom stereocenters. The maximum Gasteiger partial charge on any atom is 0.293 e. The van der Waals surface area contributed by atoms with Gasteiger partial charge in [0.15, 0.2) is 5.78 Å². The lowest BCUT2D eigenvalue weighted by Gasteiger charge is -2.22. The van der Waals surface area contributed by atoms with Gasteiger partial charge in [-0.25, -0.2) is 0 Å². The van der Waals surface area contributed by atoms with E-state index in [0.717, 1.165) is 0 Å². The summed E-state index contributed by atoms with van der Waals surface area (Å²) in [7, 11) is 0. The molecule has 0 spiro atoms. The number of benzene rings is 1. The van der Waals surface area contributed by atoms with E-state index in [0.29, 0.717) is 11.5 Å². The van der Waals surface area contributed by atoms with E-state index >= 15 is 0 Å². The van der Waals surface area contributed by atoms with Gasteiger partial charge in [0.25, 0.3) is 5.69 Å². The normalized spacial score (nSPS) is 13.4. The van der Waals surface area contributed by atoms with Crippen LogP contribution in [0.15, 0.2) is 34.7 Å². The number of carbonyl (C=O) groups excluding carboxylic acids is 1. The van der Waals surface area contributed by atoms with E-state index < -0.39 is 10.5 Å². The minimum Gasteiger partial charge on any atom is -0.463 e. The van der Waals surface area contributed by atoms with Gasteiger partial charge < -0.3 is 14.8 Å². The lowest BCUT2D eigenvalue weighted by molar-refractivity contribution is -0.384.